The summed E-state index contributed by atoms with van der Waals surface area (Å²) in [5, 5.41) is 16.2. The van der Waals surface area contributed by atoms with Gasteiger partial charge in [0.2, 0.25) is 11.8 Å². The van der Waals surface area contributed by atoms with Crippen LogP contribution in [-0.4, -0.2) is 63.8 Å². The van der Waals surface area contributed by atoms with Crippen LogP contribution in [0.25, 0.3) is 10.4 Å². The maximum Gasteiger partial charge on any atom is 0.277 e. The summed E-state index contributed by atoms with van der Waals surface area (Å²) < 4.78 is 43.7. The van der Waals surface area contributed by atoms with Crippen LogP contribution in [0.5, 0.6) is 0 Å². The lowest BCUT2D eigenvalue weighted by atomic mass is 9.76. The summed E-state index contributed by atoms with van der Waals surface area (Å²) in [5.41, 5.74) is 5.73. The van der Waals surface area contributed by atoms with Gasteiger partial charge in [0.25, 0.3) is 5.91 Å². The quantitative estimate of drug-likeness (QED) is 0.0276. The van der Waals surface area contributed by atoms with E-state index in [4.69, 9.17) is 4.84 Å². The van der Waals surface area contributed by atoms with Crippen LogP contribution < -0.4 is 16.1 Å². The molecule has 0 aliphatic carbocycles. The second kappa shape index (κ2) is 26.6. The van der Waals surface area contributed by atoms with Crippen molar-refractivity contribution in [3.05, 3.63) is 98.0 Å². The van der Waals surface area contributed by atoms with Crippen molar-refractivity contribution in [3.8, 4) is 10.4 Å². The number of aryl methyl sites for hydroxylation is 1. The molecule has 68 heavy (non-hydrogen) atoms. The fourth-order valence-corrected chi connectivity index (χ4v) is 9.78. The summed E-state index contributed by atoms with van der Waals surface area (Å²) in [6.07, 6.45) is 12.0. The Labute approximate surface area is 416 Å². The van der Waals surface area contributed by atoms with Crippen LogP contribution in [0.3, 0.4) is 0 Å². The number of aliphatic hydroxyl groups is 1. The Morgan fingerprint density at radius 1 is 0.882 bits per heavy atom. The van der Waals surface area contributed by atoms with Crippen LogP contribution in [0, 0.1) is 39.3 Å². The van der Waals surface area contributed by atoms with Crippen molar-refractivity contribution in [2.75, 3.05) is 18.5 Å². The predicted molar refractivity (Wildman–Crippen MR) is 270 cm³/mol. The van der Waals surface area contributed by atoms with Crippen molar-refractivity contribution in [2.45, 2.75) is 149 Å². The number of aliphatic hydroxyl groups excluding tert-OH is 1. The zero-order chi connectivity index (χ0) is 49.4. The monoisotopic (exact) mass is 1070 g/mol. The first-order chi connectivity index (χ1) is 32.4. The Hall–Kier alpha value is -4.39. The number of hydroxylamine groups is 1. The molecule has 1 saturated heterocycles. The molecule has 0 unspecified atom stereocenters. The van der Waals surface area contributed by atoms with Gasteiger partial charge in [-0.25, -0.2) is 23.6 Å². The number of thiazole rings is 1. The highest BCUT2D eigenvalue weighted by Gasteiger charge is 2.44. The van der Waals surface area contributed by atoms with E-state index in [9.17, 15) is 37.5 Å². The Kier molecular flexibility index (Phi) is 21.3. The molecule has 4 N–H and O–H groups in total. The van der Waals surface area contributed by atoms with Crippen molar-refractivity contribution in [3.63, 3.8) is 0 Å². The van der Waals surface area contributed by atoms with Gasteiger partial charge in [0.1, 0.15) is 17.6 Å². The van der Waals surface area contributed by atoms with E-state index in [1.165, 1.54) is 17.0 Å². The van der Waals surface area contributed by atoms with Gasteiger partial charge in [0, 0.05) is 35.3 Å². The van der Waals surface area contributed by atoms with Crippen molar-refractivity contribution in [1.29, 1.82) is 0 Å². The van der Waals surface area contributed by atoms with Crippen LogP contribution in [0.2, 0.25) is 0 Å². The summed E-state index contributed by atoms with van der Waals surface area (Å²) in [4.78, 5) is 66.0. The van der Waals surface area contributed by atoms with Crippen LogP contribution in [0.1, 0.15) is 152 Å². The van der Waals surface area contributed by atoms with Crippen molar-refractivity contribution >= 4 is 68.8 Å². The number of rotatable bonds is 26. The van der Waals surface area contributed by atoms with Crippen molar-refractivity contribution in [2.24, 2.45) is 11.3 Å². The third-order valence-electron chi connectivity index (χ3n) is 12.6. The summed E-state index contributed by atoms with van der Waals surface area (Å²) in [6, 6.07) is 13.0. The molecule has 1 aliphatic rings. The molecule has 4 atom stereocenters. The molecule has 1 aromatic heterocycles. The standard InChI is InChI=1S/C52H67F3IN5O6S/c1-33(35-19-21-36(22-20-35)48-34(2)57-32-68-48)58-50(65)45-30-39(63)31-61(45)51(66)41(52(3,4)5)29-38(62)18-16-14-12-10-8-6-7-9-11-13-15-17-27-67-60-49(64)40-24-25-42(53)46(55)47(40)59-44-26-23-37(56)28-43(44)54/h19-26,28,32-33,39,41,45,59,63H,6-18,27,29-31H2,1-5H3,(H,58,65)(H,60,64)/t33-,39-,41+,45+/m0/s1. The minimum absolute atomic E-state index is 0.0435. The summed E-state index contributed by atoms with van der Waals surface area (Å²) in [6.45, 7) is 10.0. The van der Waals surface area contributed by atoms with E-state index in [0.29, 0.717) is 16.4 Å². The van der Waals surface area contributed by atoms with Gasteiger partial charge in [-0.05, 0) is 96.2 Å². The Bertz CT molecular complexity index is 2310. The second-order valence-corrected chi connectivity index (χ2v) is 21.1. The third-order valence-corrected chi connectivity index (χ3v) is 14.2. The first-order valence-corrected chi connectivity index (χ1v) is 25.8. The molecule has 370 valence electrons. The number of nitrogens with zero attached hydrogens (tertiary/aromatic N) is 2. The number of unbranched alkanes of at least 4 members (excludes halogenated alkanes) is 11. The fraction of sp³-hybridized carbons (Fsp3) is 0.519. The van der Waals surface area contributed by atoms with Crippen LogP contribution >= 0.6 is 33.9 Å². The van der Waals surface area contributed by atoms with E-state index in [-0.39, 0.29) is 60.9 Å². The summed E-state index contributed by atoms with van der Waals surface area (Å²) in [5.74, 6) is -5.08. The van der Waals surface area contributed by atoms with E-state index in [0.717, 1.165) is 104 Å². The maximum atomic E-state index is 14.7. The molecule has 0 bridgehead atoms. The normalized spacial score (nSPS) is 15.8. The fourth-order valence-electron chi connectivity index (χ4n) is 8.52. The SMILES string of the molecule is Cc1ncsc1-c1ccc([C@H](C)NC(=O)[C@H]2C[C@H](O)CN2C(=O)[C@@H](CC(=O)CCCCCCCCCCCCCCONC(=O)c2ccc(F)c(F)c2Nc2ccc(I)cc2F)C(C)(C)C)cc1. The average Bonchev–Trinajstić information content (AvgIpc) is 3.92. The lowest BCUT2D eigenvalue weighted by Crippen LogP contribution is -2.50. The predicted octanol–water partition coefficient (Wildman–Crippen LogP) is 12.1. The minimum Gasteiger partial charge on any atom is -0.391 e. The van der Waals surface area contributed by atoms with Gasteiger partial charge in [-0.15, -0.1) is 11.3 Å². The zero-order valence-electron chi connectivity index (χ0n) is 39.9. The molecule has 1 fully saturated rings. The van der Waals surface area contributed by atoms with Gasteiger partial charge in [0.05, 0.1) is 51.8 Å². The Morgan fingerprint density at radius 2 is 1.51 bits per heavy atom. The largest absolute Gasteiger partial charge is 0.391 e. The van der Waals surface area contributed by atoms with E-state index in [1.807, 2.05) is 87.0 Å². The molecule has 4 aromatic rings. The number of hydrogen-bond donors (Lipinski definition) is 4. The molecule has 0 radical (unpaired) electrons. The average molecular weight is 1070 g/mol. The number of ketones is 1. The van der Waals surface area contributed by atoms with Gasteiger partial charge < -0.3 is 20.6 Å². The molecule has 0 spiro atoms. The number of Topliss-reactive ketones (excluding diaryl/α,β-unsaturated/α-hetero) is 1. The molecule has 0 saturated carbocycles. The second-order valence-electron chi connectivity index (χ2n) is 19.0. The van der Waals surface area contributed by atoms with E-state index >= 15 is 0 Å². The van der Waals surface area contributed by atoms with Crippen LogP contribution in [0.15, 0.2) is 60.1 Å². The first-order valence-electron chi connectivity index (χ1n) is 23.9. The highest BCUT2D eigenvalue weighted by Crippen LogP contribution is 2.35. The van der Waals surface area contributed by atoms with Gasteiger partial charge in [-0.3, -0.25) is 24.0 Å². The summed E-state index contributed by atoms with van der Waals surface area (Å²) >= 11 is 3.51. The molecule has 11 nitrogen and oxygen atoms in total. The number of benzene rings is 3. The van der Waals surface area contributed by atoms with E-state index in [1.54, 1.807) is 17.4 Å². The first kappa shape index (κ1) is 54.5. The number of aromatic nitrogens is 1. The number of β-amino-alcohol motifs (C(OH)–C–C–N with tert-alkyl or cyclic N) is 1. The van der Waals surface area contributed by atoms with Gasteiger partial charge in [0.15, 0.2) is 11.6 Å². The molecule has 2 heterocycles. The number of halogens is 4. The number of carbonyl (C=O) groups excluding carboxylic acids is 4. The molecule has 5 rings (SSSR count). The number of nitrogens with one attached hydrogen (secondary N) is 3. The highest BCUT2D eigenvalue weighted by molar-refractivity contribution is 14.1. The number of carbonyl (C=O) groups is 4. The van der Waals surface area contributed by atoms with E-state index < -0.39 is 52.5 Å². The van der Waals surface area contributed by atoms with Crippen molar-refractivity contribution in [1.82, 2.24) is 20.7 Å². The minimum atomic E-state index is -1.30. The number of amides is 3. The molecule has 1 aliphatic heterocycles. The topological polar surface area (TPSA) is 150 Å². The lowest BCUT2D eigenvalue weighted by Gasteiger charge is -2.35. The van der Waals surface area contributed by atoms with Crippen LogP contribution in [-0.2, 0) is 19.2 Å². The lowest BCUT2D eigenvalue weighted by molar-refractivity contribution is -0.146. The highest BCUT2D eigenvalue weighted by atomic mass is 127. The van der Waals surface area contributed by atoms with Crippen LogP contribution in [0.4, 0.5) is 24.5 Å². The number of hydrogen-bond acceptors (Lipinski definition) is 9. The zero-order valence-corrected chi connectivity index (χ0v) is 42.9. The molecular weight excluding hydrogens is 1010 g/mol. The van der Waals surface area contributed by atoms with Gasteiger partial charge in [-0.1, -0.05) is 109 Å². The Morgan fingerprint density at radius 3 is 2.12 bits per heavy atom. The number of anilines is 2. The third kappa shape index (κ3) is 16.1. The van der Waals surface area contributed by atoms with Crippen molar-refractivity contribution < 1.29 is 42.3 Å². The Balaban J connectivity index is 0.911. The molecular formula is C52H67F3IN5O6S. The summed E-state index contributed by atoms with van der Waals surface area (Å²) in [7, 11) is 0. The molecule has 16 heteroatoms. The van der Waals surface area contributed by atoms with Gasteiger partial charge in [-0.2, -0.15) is 0 Å². The molecule has 3 aromatic carbocycles. The molecule has 3 amide bonds. The number of likely N-dealkylation sites (tertiary alicyclic amines) is 1. The maximum absolute atomic E-state index is 14.7. The van der Waals surface area contributed by atoms with E-state index in [2.05, 4.69) is 21.1 Å². The van der Waals surface area contributed by atoms with Gasteiger partial charge >= 0.3 is 0 Å². The smallest absolute Gasteiger partial charge is 0.277 e.